The van der Waals surface area contributed by atoms with Crippen LogP contribution in [-0.4, -0.2) is 15.2 Å². The predicted molar refractivity (Wildman–Crippen MR) is 69.4 cm³/mol. The van der Waals surface area contributed by atoms with E-state index in [0.29, 0.717) is 14.8 Å². The largest absolute Gasteiger partial charge is 0.307 e. The first kappa shape index (κ1) is 11.7. The molecule has 1 aliphatic rings. The van der Waals surface area contributed by atoms with E-state index < -0.39 is 4.92 Å². The molecule has 1 aliphatic heterocycles. The highest BCUT2D eigenvalue weighted by molar-refractivity contribution is 8.26. The zero-order chi connectivity index (χ0) is 12.4. The Morgan fingerprint density at radius 3 is 2.71 bits per heavy atom. The van der Waals surface area contributed by atoms with Gasteiger partial charge in [-0.1, -0.05) is 36.1 Å². The zero-order valence-electron chi connectivity index (χ0n) is 8.38. The summed E-state index contributed by atoms with van der Waals surface area (Å²) in [6.45, 7) is 0. The molecule has 1 fully saturated rings. The van der Waals surface area contributed by atoms with Crippen molar-refractivity contribution in [1.82, 2.24) is 5.32 Å². The number of hydrogen-bond donors (Lipinski definition) is 1. The highest BCUT2D eigenvalue weighted by Crippen LogP contribution is 2.28. The van der Waals surface area contributed by atoms with E-state index in [9.17, 15) is 14.9 Å². The fraction of sp³-hybridized carbons (Fsp3) is 0. The van der Waals surface area contributed by atoms with Crippen molar-refractivity contribution in [1.29, 1.82) is 0 Å². The van der Waals surface area contributed by atoms with Gasteiger partial charge in [0.1, 0.15) is 4.32 Å². The van der Waals surface area contributed by atoms with Gasteiger partial charge in [0.05, 0.1) is 15.4 Å². The summed E-state index contributed by atoms with van der Waals surface area (Å²) in [5, 5.41) is 13.2. The number of para-hydroxylation sites is 1. The summed E-state index contributed by atoms with van der Waals surface area (Å²) in [6, 6.07) is 6.23. The van der Waals surface area contributed by atoms with Crippen molar-refractivity contribution < 1.29 is 9.72 Å². The Morgan fingerprint density at radius 2 is 2.12 bits per heavy atom. The van der Waals surface area contributed by atoms with E-state index in [4.69, 9.17) is 12.2 Å². The molecule has 0 aliphatic carbocycles. The van der Waals surface area contributed by atoms with Crippen LogP contribution in [0.4, 0.5) is 5.69 Å². The van der Waals surface area contributed by atoms with Gasteiger partial charge in [0, 0.05) is 6.07 Å². The minimum Gasteiger partial charge on any atom is -0.307 e. The van der Waals surface area contributed by atoms with E-state index >= 15 is 0 Å². The summed E-state index contributed by atoms with van der Waals surface area (Å²) < 4.78 is 0.361. The number of nitro benzene ring substituents is 1. The number of thiocarbonyl (C=S) groups is 1. The summed E-state index contributed by atoms with van der Waals surface area (Å²) in [5.74, 6) is -0.321. The van der Waals surface area contributed by atoms with E-state index in [0.717, 1.165) is 11.8 Å². The molecule has 0 aromatic heterocycles. The second-order valence-electron chi connectivity index (χ2n) is 3.17. The van der Waals surface area contributed by atoms with Gasteiger partial charge >= 0.3 is 0 Å². The third kappa shape index (κ3) is 2.51. The molecule has 1 heterocycles. The maximum Gasteiger partial charge on any atom is 0.276 e. The van der Waals surface area contributed by atoms with E-state index in [1.165, 1.54) is 12.1 Å². The molecule has 17 heavy (non-hydrogen) atoms. The molecule has 5 nitrogen and oxygen atoms in total. The fourth-order valence-corrected chi connectivity index (χ4v) is 2.37. The van der Waals surface area contributed by atoms with Crippen LogP contribution in [0.3, 0.4) is 0 Å². The maximum atomic E-state index is 11.4. The average Bonchev–Trinajstić information content (AvgIpc) is 2.58. The second-order valence-corrected chi connectivity index (χ2v) is 4.89. The molecule has 0 spiro atoms. The number of benzene rings is 1. The summed E-state index contributed by atoms with van der Waals surface area (Å²) in [5.41, 5.74) is 0.353. The summed E-state index contributed by atoms with van der Waals surface area (Å²) in [4.78, 5) is 22.1. The number of hydrogen-bond acceptors (Lipinski definition) is 5. The second kappa shape index (κ2) is 4.64. The van der Waals surface area contributed by atoms with Crippen LogP contribution in [0.15, 0.2) is 29.2 Å². The molecule has 86 valence electrons. The molecule has 7 heteroatoms. The highest BCUT2D eigenvalue weighted by atomic mass is 32.2. The topological polar surface area (TPSA) is 72.2 Å². The summed E-state index contributed by atoms with van der Waals surface area (Å²) in [7, 11) is 0. The van der Waals surface area contributed by atoms with Gasteiger partial charge in [-0.2, -0.15) is 0 Å². The van der Waals surface area contributed by atoms with Crippen LogP contribution in [0.2, 0.25) is 0 Å². The number of amides is 1. The van der Waals surface area contributed by atoms with Crippen LogP contribution in [0.5, 0.6) is 0 Å². The number of nitrogens with zero attached hydrogens (tertiary/aromatic N) is 1. The molecular formula is C10H6N2O3S2. The minimum absolute atomic E-state index is 0.0359. The molecule has 0 unspecified atom stereocenters. The van der Waals surface area contributed by atoms with Gasteiger partial charge in [0.2, 0.25) is 0 Å². The van der Waals surface area contributed by atoms with Crippen LogP contribution >= 0.6 is 24.0 Å². The SMILES string of the molecule is O=C1NC(=S)S/C1=C\c1ccccc1[N+](=O)[O-]. The van der Waals surface area contributed by atoms with Crippen LogP contribution in [0.25, 0.3) is 6.08 Å². The first-order valence-electron chi connectivity index (χ1n) is 4.56. The number of thioether (sulfide) groups is 1. The van der Waals surface area contributed by atoms with E-state index in [2.05, 4.69) is 5.32 Å². The quantitative estimate of drug-likeness (QED) is 0.384. The first-order valence-corrected chi connectivity index (χ1v) is 5.78. The lowest BCUT2D eigenvalue weighted by atomic mass is 10.1. The molecule has 1 saturated heterocycles. The molecule has 0 saturated carbocycles. The van der Waals surface area contributed by atoms with Gasteiger partial charge in [-0.15, -0.1) is 0 Å². The first-order chi connectivity index (χ1) is 8.08. The third-order valence-electron chi connectivity index (χ3n) is 2.06. The highest BCUT2D eigenvalue weighted by Gasteiger charge is 2.23. The maximum absolute atomic E-state index is 11.4. The summed E-state index contributed by atoms with van der Waals surface area (Å²) >= 11 is 5.93. The lowest BCUT2D eigenvalue weighted by Crippen LogP contribution is -2.17. The lowest BCUT2D eigenvalue weighted by molar-refractivity contribution is -0.385. The van der Waals surface area contributed by atoms with Crippen LogP contribution in [-0.2, 0) is 4.79 Å². The standard InChI is InChI=1S/C10H6N2O3S2/c13-9-8(17-10(16)11-9)5-6-3-1-2-4-7(6)12(14)15/h1-5H,(H,11,13,16)/b8-5-. The number of rotatable bonds is 2. The third-order valence-corrected chi connectivity index (χ3v) is 3.22. The molecule has 0 atom stereocenters. The average molecular weight is 266 g/mol. The Hall–Kier alpha value is -1.73. The smallest absolute Gasteiger partial charge is 0.276 e. The van der Waals surface area contributed by atoms with Crippen molar-refractivity contribution in [3.63, 3.8) is 0 Å². The molecule has 0 radical (unpaired) electrons. The van der Waals surface area contributed by atoms with E-state index in [1.54, 1.807) is 18.2 Å². The Morgan fingerprint density at radius 1 is 1.41 bits per heavy atom. The minimum atomic E-state index is -0.484. The van der Waals surface area contributed by atoms with Gasteiger partial charge < -0.3 is 5.32 Å². The van der Waals surface area contributed by atoms with Gasteiger partial charge in [-0.3, -0.25) is 14.9 Å². The van der Waals surface area contributed by atoms with Crippen molar-refractivity contribution in [2.45, 2.75) is 0 Å². The molecule has 2 rings (SSSR count). The molecule has 1 aromatic carbocycles. The van der Waals surface area contributed by atoms with Crippen LogP contribution in [0, 0.1) is 10.1 Å². The van der Waals surface area contributed by atoms with E-state index in [1.807, 2.05) is 0 Å². The molecule has 1 aromatic rings. The van der Waals surface area contributed by atoms with Crippen molar-refractivity contribution in [3.05, 3.63) is 44.8 Å². The van der Waals surface area contributed by atoms with Crippen LogP contribution < -0.4 is 5.32 Å². The van der Waals surface area contributed by atoms with Crippen molar-refractivity contribution in [2.24, 2.45) is 0 Å². The van der Waals surface area contributed by atoms with Gasteiger partial charge in [-0.05, 0) is 12.1 Å². The van der Waals surface area contributed by atoms with E-state index in [-0.39, 0.29) is 11.6 Å². The van der Waals surface area contributed by atoms with Gasteiger partial charge in [-0.25, -0.2) is 0 Å². The lowest BCUT2D eigenvalue weighted by Gasteiger charge is -1.97. The monoisotopic (exact) mass is 266 g/mol. The van der Waals surface area contributed by atoms with Crippen LogP contribution in [0.1, 0.15) is 5.56 Å². The molecular weight excluding hydrogens is 260 g/mol. The molecule has 1 N–H and O–H groups in total. The van der Waals surface area contributed by atoms with Crippen molar-refractivity contribution >= 4 is 46.0 Å². The molecule has 0 bridgehead atoms. The molecule has 1 amide bonds. The van der Waals surface area contributed by atoms with Gasteiger partial charge in [0.15, 0.2) is 0 Å². The Balaban J connectivity index is 2.42. The number of nitrogens with one attached hydrogen (secondary N) is 1. The summed E-state index contributed by atoms with van der Waals surface area (Å²) in [6.07, 6.45) is 1.47. The Kier molecular flexibility index (Phi) is 3.21. The Labute approximate surface area is 106 Å². The number of nitro groups is 1. The normalized spacial score (nSPS) is 17.3. The van der Waals surface area contributed by atoms with Crippen molar-refractivity contribution in [2.75, 3.05) is 0 Å². The number of carbonyl (C=O) groups is 1. The zero-order valence-corrected chi connectivity index (χ0v) is 10.0. The number of carbonyl (C=O) groups excluding carboxylic acids is 1. The van der Waals surface area contributed by atoms with Gasteiger partial charge in [0.25, 0.3) is 11.6 Å². The van der Waals surface area contributed by atoms with Crippen molar-refractivity contribution in [3.8, 4) is 0 Å². The Bertz CT molecular complexity index is 554. The fourth-order valence-electron chi connectivity index (χ4n) is 1.34. The predicted octanol–water partition coefficient (Wildman–Crippen LogP) is 2.08.